The van der Waals surface area contributed by atoms with Gasteiger partial charge in [0.1, 0.15) is 42.0 Å². The van der Waals surface area contributed by atoms with Crippen LogP contribution in [-0.4, -0.2) is 42.9 Å². The van der Waals surface area contributed by atoms with Gasteiger partial charge in [0.15, 0.2) is 5.67 Å². The van der Waals surface area contributed by atoms with Crippen molar-refractivity contribution >= 4 is 17.4 Å². The Morgan fingerprint density at radius 1 is 1.23 bits per heavy atom. The fraction of sp³-hybridized carbons (Fsp3) is 0.350. The van der Waals surface area contributed by atoms with Crippen LogP contribution in [-0.2, 0) is 5.54 Å². The molecule has 0 bridgehead atoms. The summed E-state index contributed by atoms with van der Waals surface area (Å²) in [6, 6.07) is 6.49. The molecule has 2 atom stereocenters. The van der Waals surface area contributed by atoms with Gasteiger partial charge in [0.2, 0.25) is 0 Å². The first-order valence-corrected chi connectivity index (χ1v) is 9.05. The minimum atomic E-state index is -2.50. The number of amidine groups is 1. The molecule has 0 unspecified atom stereocenters. The second-order valence-electron chi connectivity index (χ2n) is 6.99. The number of anilines is 1. The number of amides is 1. The molecule has 10 heteroatoms. The van der Waals surface area contributed by atoms with Gasteiger partial charge in [-0.3, -0.25) is 9.79 Å². The molecule has 0 aliphatic carbocycles. The molecule has 3 N–H and O–H groups in total. The molecule has 1 aliphatic rings. The maximum absolute atomic E-state index is 14.5. The molecule has 1 aromatic carbocycles. The maximum atomic E-state index is 14.5. The molecule has 160 valence electrons. The van der Waals surface area contributed by atoms with E-state index in [4.69, 9.17) is 10.5 Å². The van der Waals surface area contributed by atoms with E-state index in [1.165, 1.54) is 31.5 Å². The van der Waals surface area contributed by atoms with Crippen LogP contribution in [0, 0.1) is 5.82 Å². The standard InChI is InChI=1S/C20H20F4N4O2/c1-30-13-3-5-16(26-9-13)17(29)27-12-2-4-15(23)14(8-12)20(11-22)7-6-19(24,10-21)18(25)28-20/h2-5,8-9H,6-7,10-11H2,1H3,(H2,25,28)(H,27,29)/t19-,20-/m1/s1. The third kappa shape index (κ3) is 3.94. The Hall–Kier alpha value is -3.17. The first-order valence-electron chi connectivity index (χ1n) is 9.05. The van der Waals surface area contributed by atoms with Crippen molar-refractivity contribution in [3.8, 4) is 5.75 Å². The maximum Gasteiger partial charge on any atom is 0.274 e. The van der Waals surface area contributed by atoms with E-state index in [0.29, 0.717) is 5.75 Å². The van der Waals surface area contributed by atoms with E-state index in [1.807, 2.05) is 0 Å². The van der Waals surface area contributed by atoms with E-state index < -0.39 is 48.5 Å². The Balaban J connectivity index is 1.92. The number of carbonyl (C=O) groups is 1. The van der Waals surface area contributed by atoms with Gasteiger partial charge in [0.25, 0.3) is 5.91 Å². The van der Waals surface area contributed by atoms with E-state index in [9.17, 15) is 22.4 Å². The summed E-state index contributed by atoms with van der Waals surface area (Å²) in [5.74, 6) is -1.65. The summed E-state index contributed by atoms with van der Waals surface area (Å²) in [6.07, 6.45) is 0.615. The van der Waals surface area contributed by atoms with Gasteiger partial charge in [0.05, 0.1) is 13.3 Å². The third-order valence-electron chi connectivity index (χ3n) is 5.09. The first kappa shape index (κ1) is 21.5. The molecule has 1 aromatic heterocycles. The van der Waals surface area contributed by atoms with Crippen LogP contribution in [0.2, 0.25) is 0 Å². The zero-order chi connectivity index (χ0) is 21.9. The largest absolute Gasteiger partial charge is 0.495 e. The number of rotatable bonds is 6. The van der Waals surface area contributed by atoms with Gasteiger partial charge in [-0.05, 0) is 43.2 Å². The number of nitrogens with one attached hydrogen (secondary N) is 1. The summed E-state index contributed by atoms with van der Waals surface area (Å²) in [7, 11) is 1.46. The van der Waals surface area contributed by atoms with Crippen molar-refractivity contribution in [2.75, 3.05) is 25.8 Å². The Labute approximate surface area is 170 Å². The second kappa shape index (κ2) is 8.29. The molecule has 30 heavy (non-hydrogen) atoms. The van der Waals surface area contributed by atoms with Crippen LogP contribution >= 0.6 is 0 Å². The highest BCUT2D eigenvalue weighted by Gasteiger charge is 2.47. The van der Waals surface area contributed by atoms with E-state index in [0.717, 1.165) is 6.07 Å². The summed E-state index contributed by atoms with van der Waals surface area (Å²) in [4.78, 5) is 20.2. The number of benzene rings is 1. The van der Waals surface area contributed by atoms with Crippen LogP contribution < -0.4 is 15.8 Å². The van der Waals surface area contributed by atoms with Crippen molar-refractivity contribution < 1.29 is 27.1 Å². The van der Waals surface area contributed by atoms with Gasteiger partial charge in [0, 0.05) is 11.3 Å². The monoisotopic (exact) mass is 424 g/mol. The van der Waals surface area contributed by atoms with Crippen LogP contribution in [0.15, 0.2) is 41.5 Å². The van der Waals surface area contributed by atoms with Crippen molar-refractivity contribution in [1.29, 1.82) is 0 Å². The smallest absolute Gasteiger partial charge is 0.274 e. The zero-order valence-electron chi connectivity index (χ0n) is 16.1. The number of nitrogens with zero attached hydrogens (tertiary/aromatic N) is 2. The molecule has 0 saturated heterocycles. The Morgan fingerprint density at radius 2 is 2.00 bits per heavy atom. The molecule has 1 amide bonds. The minimum absolute atomic E-state index is 0.0759. The Morgan fingerprint density at radius 3 is 2.57 bits per heavy atom. The number of hydrogen-bond donors (Lipinski definition) is 2. The summed E-state index contributed by atoms with van der Waals surface area (Å²) in [6.45, 7) is -2.58. The molecule has 0 saturated carbocycles. The Kier molecular flexibility index (Phi) is 5.95. The number of methoxy groups -OCH3 is 1. The number of pyridine rings is 1. The van der Waals surface area contributed by atoms with Crippen molar-refractivity contribution in [1.82, 2.24) is 4.98 Å². The molecule has 3 rings (SSSR count). The molecular weight excluding hydrogens is 404 g/mol. The SMILES string of the molecule is COc1ccc(C(=O)Nc2ccc(F)c([C@]3(CF)CC[C@@](F)(CF)C(N)=N3)c2)nc1. The molecule has 0 fully saturated rings. The number of ether oxygens (including phenoxy) is 1. The molecule has 1 aliphatic heterocycles. The van der Waals surface area contributed by atoms with Crippen molar-refractivity contribution in [2.24, 2.45) is 10.7 Å². The highest BCUT2D eigenvalue weighted by Crippen LogP contribution is 2.41. The van der Waals surface area contributed by atoms with E-state index in [-0.39, 0.29) is 23.4 Å². The summed E-state index contributed by atoms with van der Waals surface area (Å²) in [5.41, 5.74) is 1.25. The lowest BCUT2D eigenvalue weighted by atomic mass is 9.80. The number of carbonyl (C=O) groups excluding carboxylic acids is 1. The van der Waals surface area contributed by atoms with Crippen LogP contribution in [0.4, 0.5) is 23.2 Å². The quantitative estimate of drug-likeness (QED) is 0.695. The van der Waals surface area contributed by atoms with Crippen LogP contribution in [0.25, 0.3) is 0 Å². The number of aliphatic imine (C=N–C) groups is 1. The number of aromatic nitrogens is 1. The van der Waals surface area contributed by atoms with Crippen LogP contribution in [0.5, 0.6) is 5.75 Å². The average Bonchev–Trinajstić information content (AvgIpc) is 2.77. The molecule has 2 heterocycles. The van der Waals surface area contributed by atoms with Crippen molar-refractivity contribution in [2.45, 2.75) is 24.0 Å². The number of halogens is 4. The van der Waals surface area contributed by atoms with Crippen LogP contribution in [0.3, 0.4) is 0 Å². The highest BCUT2D eigenvalue weighted by atomic mass is 19.2. The number of nitrogens with two attached hydrogens (primary N) is 1. The Bertz CT molecular complexity index is 970. The third-order valence-corrected chi connectivity index (χ3v) is 5.09. The summed E-state index contributed by atoms with van der Waals surface area (Å²) >= 11 is 0. The predicted molar refractivity (Wildman–Crippen MR) is 103 cm³/mol. The number of hydrogen-bond acceptors (Lipinski definition) is 5. The number of alkyl halides is 3. The normalized spacial score (nSPS) is 23.6. The lowest BCUT2D eigenvalue weighted by Gasteiger charge is -2.37. The summed E-state index contributed by atoms with van der Waals surface area (Å²) < 4.78 is 60.9. The van der Waals surface area contributed by atoms with Gasteiger partial charge in [-0.1, -0.05) is 0 Å². The van der Waals surface area contributed by atoms with Gasteiger partial charge in [-0.2, -0.15) is 0 Å². The first-order chi connectivity index (χ1) is 14.3. The lowest BCUT2D eigenvalue weighted by molar-refractivity contribution is 0.102. The zero-order valence-corrected chi connectivity index (χ0v) is 16.1. The van der Waals surface area contributed by atoms with E-state index in [1.54, 1.807) is 6.07 Å². The predicted octanol–water partition coefficient (Wildman–Crippen LogP) is 3.48. The van der Waals surface area contributed by atoms with Gasteiger partial charge in [-0.15, -0.1) is 0 Å². The van der Waals surface area contributed by atoms with Crippen molar-refractivity contribution in [3.05, 3.63) is 53.6 Å². The highest BCUT2D eigenvalue weighted by molar-refractivity contribution is 6.03. The van der Waals surface area contributed by atoms with E-state index in [2.05, 4.69) is 15.3 Å². The lowest BCUT2D eigenvalue weighted by Crippen LogP contribution is -2.49. The van der Waals surface area contributed by atoms with Gasteiger partial charge < -0.3 is 15.8 Å². The molecular formula is C20H20F4N4O2. The molecule has 6 nitrogen and oxygen atoms in total. The molecule has 2 aromatic rings. The van der Waals surface area contributed by atoms with E-state index >= 15 is 0 Å². The van der Waals surface area contributed by atoms with Crippen molar-refractivity contribution in [3.63, 3.8) is 0 Å². The summed E-state index contributed by atoms with van der Waals surface area (Å²) in [5, 5.41) is 2.54. The fourth-order valence-electron chi connectivity index (χ4n) is 3.21. The minimum Gasteiger partial charge on any atom is -0.495 e. The van der Waals surface area contributed by atoms with Crippen LogP contribution in [0.1, 0.15) is 28.9 Å². The van der Waals surface area contributed by atoms with Gasteiger partial charge >= 0.3 is 0 Å². The van der Waals surface area contributed by atoms with Gasteiger partial charge in [-0.25, -0.2) is 22.5 Å². The molecule has 0 radical (unpaired) electrons. The fourth-order valence-corrected chi connectivity index (χ4v) is 3.21. The average molecular weight is 424 g/mol. The second-order valence-corrected chi connectivity index (χ2v) is 6.99. The molecule has 0 spiro atoms. The topological polar surface area (TPSA) is 89.6 Å².